The number of carbonyl (C=O) groups is 1. The van der Waals surface area contributed by atoms with Gasteiger partial charge < -0.3 is 20.5 Å². The number of benzene rings is 1. The SMILES string of the molecule is Cc1cc(NC(=O)CCC(C)N)ccc1OC1CCOCC1. The van der Waals surface area contributed by atoms with Gasteiger partial charge in [0, 0.05) is 31.0 Å². The molecule has 1 aliphatic heterocycles. The molecule has 1 aliphatic rings. The van der Waals surface area contributed by atoms with Crippen LogP contribution in [0.2, 0.25) is 0 Å². The Balaban J connectivity index is 1.89. The highest BCUT2D eigenvalue weighted by molar-refractivity contribution is 5.90. The van der Waals surface area contributed by atoms with Gasteiger partial charge in [0.1, 0.15) is 11.9 Å². The minimum Gasteiger partial charge on any atom is -0.490 e. The zero-order valence-corrected chi connectivity index (χ0v) is 13.4. The number of nitrogens with two attached hydrogens (primary N) is 1. The van der Waals surface area contributed by atoms with Crippen molar-refractivity contribution in [2.45, 2.75) is 51.7 Å². The van der Waals surface area contributed by atoms with E-state index in [4.69, 9.17) is 15.2 Å². The summed E-state index contributed by atoms with van der Waals surface area (Å²) in [7, 11) is 0. The van der Waals surface area contributed by atoms with Gasteiger partial charge in [0.2, 0.25) is 5.91 Å². The Morgan fingerprint density at radius 2 is 2.18 bits per heavy atom. The van der Waals surface area contributed by atoms with Gasteiger partial charge in [0.05, 0.1) is 13.2 Å². The van der Waals surface area contributed by atoms with E-state index in [1.54, 1.807) is 0 Å². The fraction of sp³-hybridized carbons (Fsp3) is 0.588. The molecule has 0 saturated carbocycles. The molecule has 1 heterocycles. The fourth-order valence-electron chi connectivity index (χ4n) is 2.42. The third-order valence-corrected chi connectivity index (χ3v) is 3.75. The number of amides is 1. The molecule has 3 N–H and O–H groups in total. The van der Waals surface area contributed by atoms with Crippen LogP contribution in [0.4, 0.5) is 5.69 Å². The van der Waals surface area contributed by atoms with Crippen LogP contribution in [0.15, 0.2) is 18.2 Å². The first-order chi connectivity index (χ1) is 10.5. The smallest absolute Gasteiger partial charge is 0.224 e. The third-order valence-electron chi connectivity index (χ3n) is 3.75. The monoisotopic (exact) mass is 306 g/mol. The molecule has 5 heteroatoms. The van der Waals surface area contributed by atoms with Crippen molar-refractivity contribution in [1.82, 2.24) is 0 Å². The summed E-state index contributed by atoms with van der Waals surface area (Å²) < 4.78 is 11.3. The molecule has 0 spiro atoms. The molecule has 0 radical (unpaired) electrons. The van der Waals surface area contributed by atoms with Crippen molar-refractivity contribution in [2.75, 3.05) is 18.5 Å². The zero-order chi connectivity index (χ0) is 15.9. The van der Waals surface area contributed by atoms with Crippen molar-refractivity contribution in [2.24, 2.45) is 5.73 Å². The van der Waals surface area contributed by atoms with Crippen LogP contribution in [-0.2, 0) is 9.53 Å². The second kappa shape index (κ2) is 8.15. The van der Waals surface area contributed by atoms with Crippen LogP contribution in [0, 0.1) is 6.92 Å². The number of ether oxygens (including phenoxy) is 2. The number of hydrogen-bond donors (Lipinski definition) is 2. The van der Waals surface area contributed by atoms with Gasteiger partial charge in [-0.05, 0) is 44.0 Å². The summed E-state index contributed by atoms with van der Waals surface area (Å²) >= 11 is 0. The van der Waals surface area contributed by atoms with Gasteiger partial charge in [-0.15, -0.1) is 0 Å². The number of rotatable bonds is 6. The van der Waals surface area contributed by atoms with Gasteiger partial charge in [0.25, 0.3) is 0 Å². The molecule has 2 rings (SSSR count). The van der Waals surface area contributed by atoms with Crippen molar-refractivity contribution >= 4 is 11.6 Å². The van der Waals surface area contributed by atoms with Crippen LogP contribution < -0.4 is 15.8 Å². The van der Waals surface area contributed by atoms with Gasteiger partial charge in [-0.2, -0.15) is 0 Å². The minimum absolute atomic E-state index is 0.00482. The van der Waals surface area contributed by atoms with Gasteiger partial charge in [-0.25, -0.2) is 0 Å². The van der Waals surface area contributed by atoms with E-state index < -0.39 is 0 Å². The summed E-state index contributed by atoms with van der Waals surface area (Å²) in [4.78, 5) is 11.8. The number of carbonyl (C=O) groups excluding carboxylic acids is 1. The van der Waals surface area contributed by atoms with Crippen LogP contribution in [0.5, 0.6) is 5.75 Å². The lowest BCUT2D eigenvalue weighted by Gasteiger charge is -2.24. The molecule has 0 bridgehead atoms. The van der Waals surface area contributed by atoms with E-state index in [0.717, 1.165) is 43.1 Å². The molecule has 1 aromatic carbocycles. The molecule has 1 unspecified atom stereocenters. The number of aryl methyl sites for hydroxylation is 1. The van der Waals surface area contributed by atoms with E-state index in [2.05, 4.69) is 5.32 Å². The Bertz CT molecular complexity index is 497. The average molecular weight is 306 g/mol. The van der Waals surface area contributed by atoms with E-state index in [9.17, 15) is 4.79 Å². The molecule has 0 aliphatic carbocycles. The second-order valence-corrected chi connectivity index (χ2v) is 5.97. The Hall–Kier alpha value is -1.59. The van der Waals surface area contributed by atoms with Crippen molar-refractivity contribution in [3.8, 4) is 5.75 Å². The highest BCUT2D eigenvalue weighted by Gasteiger charge is 2.16. The highest BCUT2D eigenvalue weighted by atomic mass is 16.5. The Kier molecular flexibility index (Phi) is 6.21. The predicted molar refractivity (Wildman–Crippen MR) is 87.2 cm³/mol. The first kappa shape index (κ1) is 16.8. The van der Waals surface area contributed by atoms with Crippen LogP contribution in [0.3, 0.4) is 0 Å². The zero-order valence-electron chi connectivity index (χ0n) is 13.4. The van der Waals surface area contributed by atoms with Crippen molar-refractivity contribution in [1.29, 1.82) is 0 Å². The van der Waals surface area contributed by atoms with E-state index in [1.165, 1.54) is 0 Å². The van der Waals surface area contributed by atoms with Crippen molar-refractivity contribution in [3.63, 3.8) is 0 Å². The topological polar surface area (TPSA) is 73.6 Å². The largest absolute Gasteiger partial charge is 0.490 e. The first-order valence-corrected chi connectivity index (χ1v) is 7.95. The predicted octanol–water partition coefficient (Wildman–Crippen LogP) is 2.62. The molecule has 1 amide bonds. The Labute approximate surface area is 132 Å². The van der Waals surface area contributed by atoms with E-state index in [1.807, 2.05) is 32.0 Å². The Morgan fingerprint density at radius 3 is 2.82 bits per heavy atom. The molecule has 1 saturated heterocycles. The van der Waals surface area contributed by atoms with E-state index in [0.29, 0.717) is 12.8 Å². The third kappa shape index (κ3) is 5.31. The molecule has 1 aromatic rings. The van der Waals surface area contributed by atoms with Crippen molar-refractivity contribution < 1.29 is 14.3 Å². The quantitative estimate of drug-likeness (QED) is 0.847. The minimum atomic E-state index is -0.00482. The summed E-state index contributed by atoms with van der Waals surface area (Å²) in [6.45, 7) is 5.42. The summed E-state index contributed by atoms with van der Waals surface area (Å²) in [6.07, 6.45) is 3.20. The maximum absolute atomic E-state index is 11.8. The maximum atomic E-state index is 11.8. The molecule has 1 fully saturated rings. The summed E-state index contributed by atoms with van der Waals surface area (Å²) in [6, 6.07) is 5.79. The fourth-order valence-corrected chi connectivity index (χ4v) is 2.42. The molecule has 122 valence electrons. The summed E-state index contributed by atoms with van der Waals surface area (Å²) in [5.41, 5.74) is 7.48. The van der Waals surface area contributed by atoms with Crippen molar-refractivity contribution in [3.05, 3.63) is 23.8 Å². The first-order valence-electron chi connectivity index (χ1n) is 7.95. The molecule has 22 heavy (non-hydrogen) atoms. The molecular formula is C17H26N2O3. The van der Waals surface area contributed by atoms with E-state index >= 15 is 0 Å². The average Bonchev–Trinajstić information content (AvgIpc) is 2.49. The van der Waals surface area contributed by atoms with Gasteiger partial charge in [-0.1, -0.05) is 0 Å². The lowest BCUT2D eigenvalue weighted by atomic mass is 10.1. The van der Waals surface area contributed by atoms with Crippen LogP contribution in [-0.4, -0.2) is 31.3 Å². The van der Waals surface area contributed by atoms with Gasteiger partial charge in [0.15, 0.2) is 0 Å². The molecule has 1 atom stereocenters. The van der Waals surface area contributed by atoms with Crippen LogP contribution >= 0.6 is 0 Å². The lowest BCUT2D eigenvalue weighted by molar-refractivity contribution is -0.116. The van der Waals surface area contributed by atoms with Crippen LogP contribution in [0.25, 0.3) is 0 Å². The number of nitrogens with one attached hydrogen (secondary N) is 1. The lowest BCUT2D eigenvalue weighted by Crippen LogP contribution is -2.26. The summed E-state index contributed by atoms with van der Waals surface area (Å²) in [5, 5.41) is 2.90. The van der Waals surface area contributed by atoms with Crippen LogP contribution in [0.1, 0.15) is 38.2 Å². The standard InChI is InChI=1S/C17H26N2O3/c1-12-11-14(19-17(20)6-3-13(2)18)4-5-16(12)22-15-7-9-21-10-8-15/h4-5,11,13,15H,3,6-10,18H2,1-2H3,(H,19,20). The van der Waals surface area contributed by atoms with Gasteiger partial charge >= 0.3 is 0 Å². The molecular weight excluding hydrogens is 280 g/mol. The van der Waals surface area contributed by atoms with E-state index in [-0.39, 0.29) is 18.1 Å². The normalized spacial score (nSPS) is 17.0. The highest BCUT2D eigenvalue weighted by Crippen LogP contribution is 2.25. The molecule has 5 nitrogen and oxygen atoms in total. The number of hydrogen-bond acceptors (Lipinski definition) is 4. The number of anilines is 1. The Morgan fingerprint density at radius 1 is 1.45 bits per heavy atom. The maximum Gasteiger partial charge on any atom is 0.224 e. The second-order valence-electron chi connectivity index (χ2n) is 5.97. The summed E-state index contributed by atoms with van der Waals surface area (Å²) in [5.74, 6) is 0.871. The van der Waals surface area contributed by atoms with Gasteiger partial charge in [-0.3, -0.25) is 4.79 Å². The molecule has 0 aromatic heterocycles.